The second-order valence-electron chi connectivity index (χ2n) is 6.07. The van der Waals surface area contributed by atoms with Crippen molar-refractivity contribution >= 4 is 18.2 Å². The standard InChI is InChI=1S/C19H19N3O5/c1-19(13-4-6-14(26-2)7-5-13)17(24)22(18(25)21-19)20-11-12-10-15(27-3)8-9-16(12)23/h4-11,23H,1-3H3,(H,21,25)/b20-11+/t19-/m0/s1. The van der Waals surface area contributed by atoms with E-state index >= 15 is 0 Å². The molecule has 3 amide bonds. The molecule has 2 aromatic rings. The molecule has 0 saturated carbocycles. The van der Waals surface area contributed by atoms with E-state index in [-0.39, 0.29) is 5.75 Å². The van der Waals surface area contributed by atoms with Gasteiger partial charge in [-0.15, -0.1) is 5.01 Å². The average Bonchev–Trinajstić information content (AvgIpc) is 2.90. The van der Waals surface area contributed by atoms with Gasteiger partial charge in [0.05, 0.1) is 20.4 Å². The van der Waals surface area contributed by atoms with Gasteiger partial charge in [-0.3, -0.25) is 4.79 Å². The van der Waals surface area contributed by atoms with Crippen molar-refractivity contribution < 1.29 is 24.2 Å². The van der Waals surface area contributed by atoms with Gasteiger partial charge in [-0.1, -0.05) is 12.1 Å². The van der Waals surface area contributed by atoms with Crippen LogP contribution in [0.5, 0.6) is 17.2 Å². The highest BCUT2D eigenvalue weighted by atomic mass is 16.5. The number of phenols is 1. The third kappa shape index (κ3) is 3.29. The summed E-state index contributed by atoms with van der Waals surface area (Å²) in [7, 11) is 3.04. The van der Waals surface area contributed by atoms with Crippen LogP contribution in [-0.2, 0) is 10.3 Å². The summed E-state index contributed by atoms with van der Waals surface area (Å²) in [5.41, 5.74) is -0.339. The van der Waals surface area contributed by atoms with E-state index in [0.29, 0.717) is 22.6 Å². The maximum absolute atomic E-state index is 12.8. The number of nitrogens with zero attached hydrogens (tertiary/aromatic N) is 2. The zero-order valence-electron chi connectivity index (χ0n) is 15.1. The Kier molecular flexibility index (Phi) is 4.72. The lowest BCUT2D eigenvalue weighted by Gasteiger charge is -2.21. The lowest BCUT2D eigenvalue weighted by Crippen LogP contribution is -2.40. The summed E-state index contributed by atoms with van der Waals surface area (Å²) >= 11 is 0. The van der Waals surface area contributed by atoms with Crippen LogP contribution in [0.1, 0.15) is 18.1 Å². The van der Waals surface area contributed by atoms with E-state index in [1.54, 1.807) is 50.4 Å². The number of amides is 3. The first-order valence-electron chi connectivity index (χ1n) is 8.11. The number of rotatable bonds is 5. The number of nitrogens with one attached hydrogen (secondary N) is 1. The van der Waals surface area contributed by atoms with Crippen molar-refractivity contribution in [1.82, 2.24) is 10.3 Å². The first-order chi connectivity index (χ1) is 12.9. The molecule has 0 spiro atoms. The Morgan fingerprint density at radius 1 is 1.07 bits per heavy atom. The van der Waals surface area contributed by atoms with E-state index < -0.39 is 17.5 Å². The predicted octanol–water partition coefficient (Wildman–Crippen LogP) is 2.21. The molecule has 0 aliphatic carbocycles. The second-order valence-corrected chi connectivity index (χ2v) is 6.07. The molecule has 3 rings (SSSR count). The Bertz CT molecular complexity index is 910. The predicted molar refractivity (Wildman–Crippen MR) is 98.0 cm³/mol. The molecule has 1 aliphatic rings. The van der Waals surface area contributed by atoms with Gasteiger partial charge >= 0.3 is 6.03 Å². The molecule has 1 saturated heterocycles. The number of methoxy groups -OCH3 is 2. The molecule has 140 valence electrons. The molecule has 2 N–H and O–H groups in total. The first-order valence-corrected chi connectivity index (χ1v) is 8.11. The smallest absolute Gasteiger partial charge is 0.346 e. The molecule has 0 radical (unpaired) electrons. The van der Waals surface area contributed by atoms with Crippen LogP contribution in [0.15, 0.2) is 47.6 Å². The number of phenolic OH excluding ortho intramolecular Hbond substituents is 1. The average molecular weight is 369 g/mol. The molecule has 27 heavy (non-hydrogen) atoms. The zero-order chi connectivity index (χ0) is 19.6. The Morgan fingerprint density at radius 2 is 1.70 bits per heavy atom. The van der Waals surface area contributed by atoms with Crippen molar-refractivity contribution in [2.45, 2.75) is 12.5 Å². The molecule has 2 aromatic carbocycles. The fourth-order valence-electron chi connectivity index (χ4n) is 2.73. The minimum absolute atomic E-state index is 0.0514. The van der Waals surface area contributed by atoms with E-state index in [9.17, 15) is 14.7 Å². The number of urea groups is 1. The molecular weight excluding hydrogens is 350 g/mol. The van der Waals surface area contributed by atoms with Crippen molar-refractivity contribution in [2.75, 3.05) is 14.2 Å². The summed E-state index contributed by atoms with van der Waals surface area (Å²) < 4.78 is 10.2. The Balaban J connectivity index is 1.87. The molecule has 0 bridgehead atoms. The minimum Gasteiger partial charge on any atom is -0.507 e. The second kappa shape index (κ2) is 6.99. The van der Waals surface area contributed by atoms with Crippen molar-refractivity contribution in [3.05, 3.63) is 53.6 Å². The number of benzene rings is 2. The van der Waals surface area contributed by atoms with Gasteiger partial charge in [0.2, 0.25) is 0 Å². The Morgan fingerprint density at radius 3 is 2.33 bits per heavy atom. The fraction of sp³-hybridized carbons (Fsp3) is 0.211. The maximum atomic E-state index is 12.8. The monoisotopic (exact) mass is 369 g/mol. The van der Waals surface area contributed by atoms with Crippen molar-refractivity contribution in [3.8, 4) is 17.2 Å². The number of hydrazone groups is 1. The first kappa shape index (κ1) is 18.2. The van der Waals surface area contributed by atoms with Gasteiger partial charge in [-0.05, 0) is 42.8 Å². The van der Waals surface area contributed by atoms with Gasteiger partial charge in [-0.2, -0.15) is 5.10 Å². The minimum atomic E-state index is -1.25. The molecule has 8 nitrogen and oxygen atoms in total. The van der Waals surface area contributed by atoms with Crippen LogP contribution in [0.25, 0.3) is 0 Å². The van der Waals surface area contributed by atoms with Crippen molar-refractivity contribution in [1.29, 1.82) is 0 Å². The van der Waals surface area contributed by atoms with Crippen molar-refractivity contribution in [2.24, 2.45) is 5.10 Å². The van der Waals surface area contributed by atoms with Crippen LogP contribution in [0.4, 0.5) is 4.79 Å². The molecule has 0 unspecified atom stereocenters. The molecular formula is C19H19N3O5. The summed E-state index contributed by atoms with van der Waals surface area (Å²) in [6.07, 6.45) is 1.23. The third-order valence-electron chi connectivity index (χ3n) is 4.38. The molecule has 8 heteroatoms. The summed E-state index contributed by atoms with van der Waals surface area (Å²) in [5.74, 6) is 0.567. The van der Waals surface area contributed by atoms with Crippen LogP contribution in [-0.4, -0.2) is 42.5 Å². The molecule has 1 heterocycles. The van der Waals surface area contributed by atoms with Crippen LogP contribution in [0, 0.1) is 0 Å². The van der Waals surface area contributed by atoms with Crippen molar-refractivity contribution in [3.63, 3.8) is 0 Å². The van der Waals surface area contributed by atoms with E-state index in [0.717, 1.165) is 5.01 Å². The molecule has 1 fully saturated rings. The summed E-state index contributed by atoms with van der Waals surface area (Å²) in [4.78, 5) is 25.1. The van der Waals surface area contributed by atoms with Gasteiger partial charge in [0.1, 0.15) is 22.8 Å². The van der Waals surface area contributed by atoms with E-state index in [2.05, 4.69) is 10.4 Å². The van der Waals surface area contributed by atoms with Crippen LogP contribution >= 0.6 is 0 Å². The van der Waals surface area contributed by atoms with E-state index in [1.165, 1.54) is 19.4 Å². The van der Waals surface area contributed by atoms with E-state index in [4.69, 9.17) is 9.47 Å². The van der Waals surface area contributed by atoms with Gasteiger partial charge in [-0.25, -0.2) is 4.79 Å². The SMILES string of the molecule is COc1ccc([C@]2(C)NC(=O)N(/N=C/c3cc(OC)ccc3O)C2=O)cc1. The highest BCUT2D eigenvalue weighted by Crippen LogP contribution is 2.30. The number of ether oxygens (including phenoxy) is 2. The van der Waals surface area contributed by atoms with Gasteiger partial charge in [0, 0.05) is 5.56 Å². The van der Waals surface area contributed by atoms with Gasteiger partial charge in [0.15, 0.2) is 0 Å². The fourth-order valence-corrected chi connectivity index (χ4v) is 2.73. The van der Waals surface area contributed by atoms with E-state index in [1.807, 2.05) is 0 Å². The van der Waals surface area contributed by atoms with Crippen LogP contribution in [0.3, 0.4) is 0 Å². The lowest BCUT2D eigenvalue weighted by molar-refractivity contribution is -0.131. The largest absolute Gasteiger partial charge is 0.507 e. The maximum Gasteiger partial charge on any atom is 0.346 e. The van der Waals surface area contributed by atoms with Gasteiger partial charge < -0.3 is 19.9 Å². The zero-order valence-corrected chi connectivity index (χ0v) is 15.1. The third-order valence-corrected chi connectivity index (χ3v) is 4.38. The topological polar surface area (TPSA) is 100 Å². The number of carbonyl (C=O) groups is 2. The highest BCUT2D eigenvalue weighted by Gasteiger charge is 2.49. The lowest BCUT2D eigenvalue weighted by atomic mass is 9.92. The Hall–Kier alpha value is -3.55. The summed E-state index contributed by atoms with van der Waals surface area (Å²) in [5, 5.41) is 17.2. The number of imide groups is 1. The number of carbonyl (C=O) groups excluding carboxylic acids is 2. The van der Waals surface area contributed by atoms with Crippen LogP contribution < -0.4 is 14.8 Å². The Labute approximate surface area is 156 Å². The normalized spacial score (nSPS) is 19.4. The molecule has 1 atom stereocenters. The summed E-state index contributed by atoms with van der Waals surface area (Å²) in [6.45, 7) is 1.60. The number of hydrogen-bond donors (Lipinski definition) is 2. The number of aromatic hydroxyl groups is 1. The summed E-state index contributed by atoms with van der Waals surface area (Å²) in [6, 6.07) is 10.7. The van der Waals surface area contributed by atoms with Gasteiger partial charge in [0.25, 0.3) is 5.91 Å². The molecule has 0 aromatic heterocycles. The molecule has 1 aliphatic heterocycles. The quantitative estimate of drug-likeness (QED) is 0.622. The van der Waals surface area contributed by atoms with Crippen LogP contribution in [0.2, 0.25) is 0 Å². The highest BCUT2D eigenvalue weighted by molar-refractivity contribution is 6.07. The number of hydrogen-bond acceptors (Lipinski definition) is 6.